The molecule has 0 unspecified atom stereocenters. The van der Waals surface area contributed by atoms with Gasteiger partial charge in [0.2, 0.25) is 0 Å². The summed E-state index contributed by atoms with van der Waals surface area (Å²) in [7, 11) is 0. The lowest BCUT2D eigenvalue weighted by molar-refractivity contribution is 0.0522. The molecule has 0 aliphatic rings. The number of hydrogen-bond acceptors (Lipinski definition) is 5. The molecule has 6 heteroatoms. The van der Waals surface area contributed by atoms with E-state index in [9.17, 15) is 4.79 Å². The quantitative estimate of drug-likeness (QED) is 0.476. The zero-order chi connectivity index (χ0) is 20.1. The van der Waals surface area contributed by atoms with Crippen molar-refractivity contribution in [3.05, 3.63) is 54.5 Å². The van der Waals surface area contributed by atoms with Gasteiger partial charge in [0.05, 0.1) is 0 Å². The molecule has 0 aliphatic carbocycles. The van der Waals surface area contributed by atoms with E-state index in [0.29, 0.717) is 13.1 Å². The van der Waals surface area contributed by atoms with Gasteiger partial charge in [0, 0.05) is 56.6 Å². The van der Waals surface area contributed by atoms with Gasteiger partial charge in [-0.05, 0) is 45.7 Å². The van der Waals surface area contributed by atoms with Crippen LogP contribution in [0.2, 0.25) is 0 Å². The van der Waals surface area contributed by atoms with E-state index in [-0.39, 0.29) is 0 Å². The number of alkyl carbamates (subject to hydrolysis) is 1. The molecular weight excluding hydrogens is 340 g/mol. The summed E-state index contributed by atoms with van der Waals surface area (Å²) in [5.74, 6) is 0. The zero-order valence-electron chi connectivity index (χ0n) is 16.8. The van der Waals surface area contributed by atoms with E-state index in [1.807, 2.05) is 45.0 Å². The normalized spacial score (nSPS) is 11.9. The maximum absolute atomic E-state index is 11.8. The lowest BCUT2D eigenvalue weighted by Crippen LogP contribution is -2.39. The van der Waals surface area contributed by atoms with E-state index in [0.717, 1.165) is 37.3 Å². The molecule has 1 N–H and O–H groups in total. The van der Waals surface area contributed by atoms with Crippen LogP contribution in [0, 0.1) is 0 Å². The van der Waals surface area contributed by atoms with Crippen LogP contribution in [-0.4, -0.2) is 54.5 Å². The molecule has 0 radical (unpaired) electrons. The third-order valence-electron chi connectivity index (χ3n) is 3.70. The Labute approximate surface area is 163 Å². The molecule has 0 fully saturated rings. The first-order chi connectivity index (χ1) is 12.8. The molecule has 0 atom stereocenters. The van der Waals surface area contributed by atoms with Crippen molar-refractivity contribution in [3.8, 4) is 0 Å². The summed E-state index contributed by atoms with van der Waals surface area (Å²) in [5, 5.41) is 2.81. The smallest absolute Gasteiger partial charge is 0.407 e. The Morgan fingerprint density at radius 2 is 2.11 bits per heavy atom. The maximum atomic E-state index is 11.8. The van der Waals surface area contributed by atoms with Gasteiger partial charge in [-0.1, -0.05) is 18.7 Å². The van der Waals surface area contributed by atoms with Gasteiger partial charge in [-0.15, -0.1) is 0 Å². The third kappa shape index (κ3) is 11.0. The second kappa shape index (κ2) is 12.0. The van der Waals surface area contributed by atoms with Crippen LogP contribution in [0.5, 0.6) is 0 Å². The van der Waals surface area contributed by atoms with E-state index in [4.69, 9.17) is 4.74 Å². The number of ether oxygens (including phenoxy) is 1. The summed E-state index contributed by atoms with van der Waals surface area (Å²) in [6.45, 7) is 15.7. The summed E-state index contributed by atoms with van der Waals surface area (Å²) >= 11 is 0. The Kier molecular flexibility index (Phi) is 10.0. The molecule has 0 aromatic carbocycles. The summed E-state index contributed by atoms with van der Waals surface area (Å²) in [6.07, 6.45) is 6.59. The number of aliphatic imine (C=N–C) groups is 1. The Morgan fingerprint density at radius 3 is 2.70 bits per heavy atom. The van der Waals surface area contributed by atoms with Crippen molar-refractivity contribution in [1.29, 1.82) is 0 Å². The summed E-state index contributed by atoms with van der Waals surface area (Å²) in [6, 6.07) is 5.92. The van der Waals surface area contributed by atoms with Gasteiger partial charge >= 0.3 is 6.09 Å². The minimum atomic E-state index is -0.497. The number of nitrogens with zero attached hydrogens (tertiary/aromatic N) is 3. The van der Waals surface area contributed by atoms with Crippen molar-refractivity contribution >= 4 is 12.8 Å². The van der Waals surface area contributed by atoms with E-state index >= 15 is 0 Å². The van der Waals surface area contributed by atoms with Crippen molar-refractivity contribution in [2.75, 3.05) is 26.2 Å². The third-order valence-corrected chi connectivity index (χ3v) is 3.70. The fourth-order valence-corrected chi connectivity index (χ4v) is 2.41. The number of aromatic nitrogens is 1. The Hall–Kier alpha value is -2.47. The molecular formula is C21H32N4O2. The predicted octanol–water partition coefficient (Wildman–Crippen LogP) is 3.61. The number of pyridine rings is 1. The largest absolute Gasteiger partial charge is 0.444 e. The second-order valence-electron chi connectivity index (χ2n) is 7.14. The minimum Gasteiger partial charge on any atom is -0.444 e. The van der Waals surface area contributed by atoms with Crippen LogP contribution in [0.1, 0.15) is 32.9 Å². The number of carbonyl (C=O) groups is 1. The molecule has 0 aliphatic heterocycles. The van der Waals surface area contributed by atoms with Crippen molar-refractivity contribution in [2.24, 2.45) is 4.99 Å². The number of allylic oxidation sites excluding steroid dienone is 2. The second-order valence-corrected chi connectivity index (χ2v) is 7.14. The van der Waals surface area contributed by atoms with Crippen LogP contribution < -0.4 is 5.32 Å². The monoisotopic (exact) mass is 372 g/mol. The number of hydrogen-bond donors (Lipinski definition) is 1. The molecule has 0 saturated carbocycles. The average molecular weight is 373 g/mol. The molecule has 1 rings (SSSR count). The van der Waals surface area contributed by atoms with Gasteiger partial charge in [-0.3, -0.25) is 9.98 Å². The SMILES string of the molecule is C=C/C=C(/CCN(CCNC(=O)OC(C)(C)C)CCc1ccccn1)N=C. The van der Waals surface area contributed by atoms with Crippen LogP contribution in [0.25, 0.3) is 0 Å². The van der Waals surface area contributed by atoms with Crippen molar-refractivity contribution in [2.45, 2.75) is 39.2 Å². The van der Waals surface area contributed by atoms with Gasteiger partial charge in [0.15, 0.2) is 0 Å². The standard InChI is InChI=1S/C21H32N4O2/c1-6-9-18(22-5)11-15-25(16-12-19-10-7-8-13-23-19)17-14-24-20(26)27-21(2,3)4/h6-10,13H,1,5,11-12,14-17H2,2-4H3,(H,24,26)/b18-9-. The Balaban J connectivity index is 2.55. The lowest BCUT2D eigenvalue weighted by atomic mass is 10.2. The fourth-order valence-electron chi connectivity index (χ4n) is 2.41. The van der Waals surface area contributed by atoms with Gasteiger partial charge in [-0.25, -0.2) is 4.79 Å². The molecule has 0 saturated heterocycles. The molecule has 0 bridgehead atoms. The maximum Gasteiger partial charge on any atom is 0.407 e. The van der Waals surface area contributed by atoms with Crippen LogP contribution in [0.3, 0.4) is 0 Å². The van der Waals surface area contributed by atoms with Crippen molar-refractivity contribution in [1.82, 2.24) is 15.2 Å². The van der Waals surface area contributed by atoms with E-state index in [2.05, 4.69) is 33.5 Å². The molecule has 148 valence electrons. The number of rotatable bonds is 11. The number of nitrogens with one attached hydrogen (secondary N) is 1. The summed E-state index contributed by atoms with van der Waals surface area (Å²) in [5.41, 5.74) is 1.45. The summed E-state index contributed by atoms with van der Waals surface area (Å²) < 4.78 is 5.27. The highest BCUT2D eigenvalue weighted by Crippen LogP contribution is 2.07. The predicted molar refractivity (Wildman–Crippen MR) is 111 cm³/mol. The number of amides is 1. The molecule has 6 nitrogen and oxygen atoms in total. The van der Waals surface area contributed by atoms with Crippen LogP contribution >= 0.6 is 0 Å². The zero-order valence-corrected chi connectivity index (χ0v) is 16.8. The topological polar surface area (TPSA) is 66.8 Å². The molecule has 1 aromatic rings. The van der Waals surface area contributed by atoms with Gasteiger partial charge < -0.3 is 15.0 Å². The van der Waals surface area contributed by atoms with Crippen molar-refractivity contribution < 1.29 is 9.53 Å². The molecule has 1 amide bonds. The van der Waals surface area contributed by atoms with Gasteiger partial charge in [0.25, 0.3) is 0 Å². The average Bonchev–Trinajstić information content (AvgIpc) is 2.61. The highest BCUT2D eigenvalue weighted by molar-refractivity contribution is 5.67. The first-order valence-electron chi connectivity index (χ1n) is 9.21. The highest BCUT2D eigenvalue weighted by Gasteiger charge is 2.16. The lowest BCUT2D eigenvalue weighted by Gasteiger charge is -2.23. The van der Waals surface area contributed by atoms with Gasteiger partial charge in [-0.2, -0.15) is 0 Å². The fraction of sp³-hybridized carbons (Fsp3) is 0.476. The van der Waals surface area contributed by atoms with Gasteiger partial charge in [0.1, 0.15) is 5.60 Å². The molecule has 1 aromatic heterocycles. The van der Waals surface area contributed by atoms with Crippen LogP contribution in [0.4, 0.5) is 4.79 Å². The molecule has 1 heterocycles. The van der Waals surface area contributed by atoms with Crippen LogP contribution in [0.15, 0.2) is 53.8 Å². The van der Waals surface area contributed by atoms with E-state index in [1.165, 1.54) is 0 Å². The Morgan fingerprint density at radius 1 is 1.33 bits per heavy atom. The summed E-state index contributed by atoms with van der Waals surface area (Å²) in [4.78, 5) is 22.5. The molecule has 27 heavy (non-hydrogen) atoms. The molecule has 0 spiro atoms. The van der Waals surface area contributed by atoms with E-state index in [1.54, 1.807) is 12.3 Å². The Bertz CT molecular complexity index is 621. The highest BCUT2D eigenvalue weighted by atomic mass is 16.6. The first-order valence-corrected chi connectivity index (χ1v) is 9.21. The van der Waals surface area contributed by atoms with E-state index < -0.39 is 11.7 Å². The van der Waals surface area contributed by atoms with Crippen LogP contribution in [-0.2, 0) is 11.2 Å². The van der Waals surface area contributed by atoms with Crippen molar-refractivity contribution in [3.63, 3.8) is 0 Å². The minimum absolute atomic E-state index is 0.396. The first kappa shape index (κ1) is 22.6. The number of carbonyl (C=O) groups excluding carboxylic acids is 1.